The largest absolute Gasteiger partial charge is 0.358 e. The Labute approximate surface area is 241 Å². The summed E-state index contributed by atoms with van der Waals surface area (Å²) in [5.41, 5.74) is 2.73. The number of fused-ring (bicyclic) bond motifs is 6. The molecule has 8 heteroatoms. The summed E-state index contributed by atoms with van der Waals surface area (Å²) in [7, 11) is 0. The van der Waals surface area contributed by atoms with Crippen molar-refractivity contribution in [3.63, 3.8) is 0 Å². The molecule has 4 unspecified atom stereocenters. The first kappa shape index (κ1) is 25.6. The highest BCUT2D eigenvalue weighted by atomic mass is 16.6. The molecule has 1 N–H and O–H groups in total. The van der Waals surface area contributed by atoms with Crippen molar-refractivity contribution in [1.82, 2.24) is 4.90 Å². The summed E-state index contributed by atoms with van der Waals surface area (Å²) in [5.74, 6) is -2.31. The number of para-hydroxylation sites is 1. The fraction of sp³-hybridized carbons (Fsp3) is 0.147. The Bertz CT molecular complexity index is 1850. The van der Waals surface area contributed by atoms with Gasteiger partial charge in [0.05, 0.1) is 16.9 Å². The molecule has 4 aromatic rings. The summed E-state index contributed by atoms with van der Waals surface area (Å²) in [5, 5.41) is 14.6. The van der Waals surface area contributed by atoms with Crippen LogP contribution in [0.15, 0.2) is 103 Å². The van der Waals surface area contributed by atoms with E-state index in [1.54, 1.807) is 24.4 Å². The third-order valence-electron chi connectivity index (χ3n) is 8.80. The number of hydrogen-bond acceptors (Lipinski definition) is 6. The number of non-ortho nitro benzene ring substituents is 1. The molecule has 1 amide bonds. The van der Waals surface area contributed by atoms with Crippen LogP contribution >= 0.6 is 0 Å². The molecule has 1 fully saturated rings. The third-order valence-corrected chi connectivity index (χ3v) is 8.80. The molecule has 8 nitrogen and oxygen atoms in total. The molecule has 7 rings (SSSR count). The first-order valence-corrected chi connectivity index (χ1v) is 13.7. The van der Waals surface area contributed by atoms with Crippen LogP contribution in [0, 0.1) is 23.0 Å². The average molecular weight is 556 g/mol. The molecule has 0 bridgehead atoms. The molecule has 3 aliphatic rings. The van der Waals surface area contributed by atoms with Gasteiger partial charge in [0.15, 0.2) is 11.6 Å². The lowest BCUT2D eigenvalue weighted by atomic mass is 9.62. The van der Waals surface area contributed by atoms with Gasteiger partial charge in [-0.3, -0.25) is 24.5 Å². The number of anilines is 1. The number of benzene rings is 4. The second-order valence-electron chi connectivity index (χ2n) is 11.0. The fourth-order valence-corrected chi connectivity index (χ4v) is 7.01. The van der Waals surface area contributed by atoms with Gasteiger partial charge in [0.2, 0.25) is 5.91 Å². The van der Waals surface area contributed by atoms with Crippen LogP contribution in [-0.4, -0.2) is 33.3 Å². The zero-order valence-corrected chi connectivity index (χ0v) is 22.6. The van der Waals surface area contributed by atoms with Gasteiger partial charge in [0, 0.05) is 35.1 Å². The maximum atomic E-state index is 14.8. The van der Waals surface area contributed by atoms with Gasteiger partial charge in [0.1, 0.15) is 11.5 Å². The predicted octanol–water partition coefficient (Wildman–Crippen LogP) is 5.88. The van der Waals surface area contributed by atoms with Crippen molar-refractivity contribution in [3.05, 3.63) is 147 Å². The molecule has 0 radical (unpaired) electrons. The second-order valence-corrected chi connectivity index (χ2v) is 11.0. The van der Waals surface area contributed by atoms with E-state index in [1.165, 1.54) is 24.3 Å². The number of nitro benzene ring substituents is 1. The Balaban J connectivity index is 1.53. The van der Waals surface area contributed by atoms with E-state index in [2.05, 4.69) is 5.32 Å². The minimum Gasteiger partial charge on any atom is -0.358 e. The van der Waals surface area contributed by atoms with Gasteiger partial charge in [-0.1, -0.05) is 84.4 Å². The van der Waals surface area contributed by atoms with Crippen molar-refractivity contribution < 1.29 is 19.3 Å². The molecule has 3 heterocycles. The monoisotopic (exact) mass is 555 g/mol. The van der Waals surface area contributed by atoms with Crippen molar-refractivity contribution in [3.8, 4) is 0 Å². The van der Waals surface area contributed by atoms with Gasteiger partial charge < -0.3 is 10.2 Å². The van der Waals surface area contributed by atoms with E-state index in [-0.39, 0.29) is 22.9 Å². The van der Waals surface area contributed by atoms with Gasteiger partial charge in [-0.15, -0.1) is 0 Å². The Kier molecular flexibility index (Phi) is 5.69. The molecule has 3 aliphatic heterocycles. The quantitative estimate of drug-likeness (QED) is 0.187. The Hall–Kier alpha value is -5.37. The van der Waals surface area contributed by atoms with E-state index < -0.39 is 34.1 Å². The summed E-state index contributed by atoms with van der Waals surface area (Å²) >= 11 is 0. The van der Waals surface area contributed by atoms with E-state index in [1.807, 2.05) is 72.5 Å². The lowest BCUT2D eigenvalue weighted by Crippen LogP contribution is -2.49. The van der Waals surface area contributed by atoms with E-state index in [0.29, 0.717) is 16.8 Å². The minimum absolute atomic E-state index is 0.102. The number of aryl methyl sites for hydroxylation is 1. The molecule has 1 spiro atoms. The highest BCUT2D eigenvalue weighted by molar-refractivity contribution is 6.16. The van der Waals surface area contributed by atoms with Gasteiger partial charge in [0.25, 0.3) is 5.69 Å². The molecule has 4 aromatic carbocycles. The lowest BCUT2D eigenvalue weighted by molar-refractivity contribution is -0.384. The average Bonchev–Trinajstić information content (AvgIpc) is 3.49. The molecule has 1 saturated heterocycles. The van der Waals surface area contributed by atoms with E-state index in [0.717, 1.165) is 16.7 Å². The van der Waals surface area contributed by atoms with E-state index in [4.69, 9.17) is 0 Å². The Morgan fingerprint density at radius 2 is 1.62 bits per heavy atom. The van der Waals surface area contributed by atoms with Crippen molar-refractivity contribution in [2.24, 2.45) is 5.92 Å². The first-order chi connectivity index (χ1) is 20.3. The summed E-state index contributed by atoms with van der Waals surface area (Å²) in [6, 6.07) is 25.8. The van der Waals surface area contributed by atoms with Crippen LogP contribution in [0.5, 0.6) is 0 Å². The lowest BCUT2D eigenvalue weighted by Gasteiger charge is -2.38. The van der Waals surface area contributed by atoms with E-state index >= 15 is 0 Å². The summed E-state index contributed by atoms with van der Waals surface area (Å²) in [6.45, 7) is 1.92. The van der Waals surface area contributed by atoms with Crippen LogP contribution in [0.25, 0.3) is 6.08 Å². The molecule has 4 atom stereocenters. The van der Waals surface area contributed by atoms with Crippen molar-refractivity contribution in [1.29, 1.82) is 0 Å². The maximum absolute atomic E-state index is 14.8. The molecule has 0 aromatic heterocycles. The SMILES string of the molecule is Cc1ccc(C(=O)C2C(C(=O)c3cccc([N+](=O)[O-])c3)N3C=Cc4ccccc4C3C23C(=O)Nc2ccccc23)cc1. The molecule has 206 valence electrons. The summed E-state index contributed by atoms with van der Waals surface area (Å²) in [6.07, 6.45) is 3.66. The van der Waals surface area contributed by atoms with Crippen LogP contribution in [0.3, 0.4) is 0 Å². The summed E-state index contributed by atoms with van der Waals surface area (Å²) < 4.78 is 0. The number of nitro groups is 1. The van der Waals surface area contributed by atoms with Crippen molar-refractivity contribution in [2.75, 3.05) is 5.32 Å². The third kappa shape index (κ3) is 3.51. The number of carbonyl (C=O) groups excluding carboxylic acids is 3. The van der Waals surface area contributed by atoms with Crippen molar-refractivity contribution in [2.45, 2.75) is 24.4 Å². The van der Waals surface area contributed by atoms with Crippen LogP contribution in [0.2, 0.25) is 0 Å². The van der Waals surface area contributed by atoms with E-state index in [9.17, 15) is 24.5 Å². The molecule has 0 saturated carbocycles. The maximum Gasteiger partial charge on any atom is 0.270 e. The molecule has 42 heavy (non-hydrogen) atoms. The topological polar surface area (TPSA) is 110 Å². The normalized spacial score (nSPS) is 23.2. The number of ketones is 2. The Morgan fingerprint density at radius 1 is 0.881 bits per heavy atom. The van der Waals surface area contributed by atoms with Crippen molar-refractivity contribution >= 4 is 34.9 Å². The minimum atomic E-state index is -1.46. The number of rotatable bonds is 5. The summed E-state index contributed by atoms with van der Waals surface area (Å²) in [4.78, 5) is 56.6. The zero-order chi connectivity index (χ0) is 29.2. The molecular weight excluding hydrogens is 530 g/mol. The van der Waals surface area contributed by atoms with Crippen LogP contribution in [-0.2, 0) is 10.2 Å². The predicted molar refractivity (Wildman–Crippen MR) is 157 cm³/mol. The van der Waals surface area contributed by atoms with Gasteiger partial charge in [-0.2, -0.15) is 0 Å². The number of carbonyl (C=O) groups is 3. The number of nitrogens with one attached hydrogen (secondary N) is 1. The smallest absolute Gasteiger partial charge is 0.270 e. The second kappa shape index (κ2) is 9.34. The number of hydrogen-bond donors (Lipinski definition) is 1. The highest BCUT2D eigenvalue weighted by Gasteiger charge is 2.70. The van der Waals surface area contributed by atoms with Gasteiger partial charge in [-0.25, -0.2) is 0 Å². The molecular formula is C34H25N3O5. The number of nitrogens with zero attached hydrogens (tertiary/aromatic N) is 2. The number of Topliss-reactive ketones (excluding diaryl/α,β-unsaturated/α-hetero) is 2. The van der Waals surface area contributed by atoms with Gasteiger partial charge in [-0.05, 0) is 35.8 Å². The fourth-order valence-electron chi connectivity index (χ4n) is 7.01. The standard InChI is InChI=1S/C34H25N3O5/c1-20-13-15-22(16-14-20)30(38)28-29(31(39)23-8-6-9-24(19-23)37(41)42)36-18-17-21-7-2-3-10-25(21)32(36)34(28)26-11-4-5-12-27(26)35-33(34)40/h2-19,28-29,32H,1H3,(H,35,40). The molecule has 0 aliphatic carbocycles. The highest BCUT2D eigenvalue weighted by Crippen LogP contribution is 2.62. The van der Waals surface area contributed by atoms with Crippen LogP contribution in [0.4, 0.5) is 11.4 Å². The Morgan fingerprint density at radius 3 is 2.40 bits per heavy atom. The van der Waals surface area contributed by atoms with Crippen LogP contribution < -0.4 is 5.32 Å². The zero-order valence-electron chi connectivity index (χ0n) is 22.6. The first-order valence-electron chi connectivity index (χ1n) is 13.7. The van der Waals surface area contributed by atoms with Gasteiger partial charge >= 0.3 is 0 Å². The number of amides is 1. The van der Waals surface area contributed by atoms with Crippen LogP contribution in [0.1, 0.15) is 49.0 Å².